The number of rotatable bonds is 4. The average Bonchev–Trinajstić information content (AvgIpc) is 3.14. The van der Waals surface area contributed by atoms with E-state index in [-0.39, 0.29) is 23.2 Å². The second-order valence-electron chi connectivity index (χ2n) is 6.08. The Morgan fingerprint density at radius 3 is 1.97 bits per heavy atom. The van der Waals surface area contributed by atoms with Crippen LogP contribution in [0.3, 0.4) is 0 Å². The van der Waals surface area contributed by atoms with Gasteiger partial charge in [-0.15, -0.1) is 5.10 Å². The van der Waals surface area contributed by atoms with Crippen LogP contribution in [0, 0.1) is 0 Å². The third-order valence-electron chi connectivity index (χ3n) is 3.86. The summed E-state index contributed by atoms with van der Waals surface area (Å²) in [4.78, 5) is 22.9. The Labute approximate surface area is 169 Å². The number of amides is 1. The summed E-state index contributed by atoms with van der Waals surface area (Å²) < 4.78 is 79.1. The monoisotopic (exact) mass is 443 g/mol. The fourth-order valence-electron chi connectivity index (χ4n) is 2.44. The Morgan fingerprint density at radius 2 is 1.48 bits per heavy atom. The van der Waals surface area contributed by atoms with E-state index >= 15 is 0 Å². The third-order valence-corrected chi connectivity index (χ3v) is 3.86. The zero-order valence-corrected chi connectivity index (χ0v) is 15.1. The van der Waals surface area contributed by atoms with E-state index < -0.39 is 40.8 Å². The first-order valence-electron chi connectivity index (χ1n) is 8.15. The van der Waals surface area contributed by atoms with Gasteiger partial charge in [0.15, 0.2) is 5.82 Å². The molecule has 0 aliphatic carbocycles. The Hall–Kier alpha value is -3.97. The van der Waals surface area contributed by atoms with Gasteiger partial charge in [-0.25, -0.2) is 19.6 Å². The van der Waals surface area contributed by atoms with E-state index in [0.717, 1.165) is 17.2 Å². The van der Waals surface area contributed by atoms with Crippen molar-refractivity contribution in [2.24, 2.45) is 5.73 Å². The van der Waals surface area contributed by atoms with Crippen LogP contribution in [-0.4, -0.2) is 30.6 Å². The number of nitrogens with two attached hydrogens (primary N) is 2. The summed E-state index contributed by atoms with van der Waals surface area (Å²) in [6.07, 6.45) is -5.62. The van der Waals surface area contributed by atoms with E-state index in [2.05, 4.69) is 20.1 Å². The van der Waals surface area contributed by atoms with Crippen molar-refractivity contribution in [3.8, 4) is 11.4 Å². The summed E-state index contributed by atoms with van der Waals surface area (Å²) in [6.45, 7) is 0. The van der Waals surface area contributed by atoms with Crippen molar-refractivity contribution in [1.29, 1.82) is 0 Å². The van der Waals surface area contributed by atoms with Crippen LogP contribution < -0.4 is 11.5 Å². The van der Waals surface area contributed by atoms with Crippen LogP contribution in [-0.2, 0) is 17.1 Å². The molecule has 1 amide bonds. The lowest BCUT2D eigenvalue weighted by molar-refractivity contribution is -0.143. The molecule has 2 heterocycles. The number of nitrogen functional groups attached to an aromatic ring is 1. The topological polar surface area (TPSA) is 126 Å². The summed E-state index contributed by atoms with van der Waals surface area (Å²) in [5, 5.41) is 3.81. The lowest BCUT2D eigenvalue weighted by Crippen LogP contribution is -2.14. The highest BCUT2D eigenvalue weighted by molar-refractivity contribution is 6.22. The molecule has 0 unspecified atom stereocenters. The van der Waals surface area contributed by atoms with Gasteiger partial charge in [0.25, 0.3) is 5.91 Å². The molecule has 3 aromatic rings. The van der Waals surface area contributed by atoms with Gasteiger partial charge in [0.05, 0.1) is 16.7 Å². The predicted molar refractivity (Wildman–Crippen MR) is 95.3 cm³/mol. The van der Waals surface area contributed by atoms with E-state index in [1.54, 1.807) is 0 Å². The Bertz CT molecular complexity index is 1120. The number of carbonyl (C=O) groups is 1. The zero-order chi connectivity index (χ0) is 23.0. The molecule has 162 valence electrons. The molecular weight excluding hydrogens is 432 g/mol. The van der Waals surface area contributed by atoms with Crippen molar-refractivity contribution in [2.75, 3.05) is 5.73 Å². The minimum absolute atomic E-state index is 0.00725. The third kappa shape index (κ3) is 4.96. The molecule has 0 bridgehead atoms. The van der Waals surface area contributed by atoms with Gasteiger partial charge >= 0.3 is 12.4 Å². The normalized spacial score (nSPS) is 12.8. The number of alkyl halides is 6. The lowest BCUT2D eigenvalue weighted by atomic mass is 10.0. The molecule has 0 saturated carbocycles. The van der Waals surface area contributed by atoms with Gasteiger partial charge in [-0.1, -0.05) is 0 Å². The van der Waals surface area contributed by atoms with Gasteiger partial charge in [0, 0.05) is 29.7 Å². The molecule has 0 fully saturated rings. The lowest BCUT2D eigenvalue weighted by Gasteiger charge is -2.13. The summed E-state index contributed by atoms with van der Waals surface area (Å²) in [5.41, 5.74) is 7.11. The van der Waals surface area contributed by atoms with Gasteiger partial charge in [-0.2, -0.15) is 26.3 Å². The van der Waals surface area contributed by atoms with Crippen molar-refractivity contribution in [2.45, 2.75) is 12.4 Å². The van der Waals surface area contributed by atoms with E-state index in [0.29, 0.717) is 12.1 Å². The maximum atomic E-state index is 13.0. The maximum absolute atomic E-state index is 13.0. The number of nitrogens with zero attached hydrogens (tertiary/aromatic N) is 5. The van der Waals surface area contributed by atoms with Crippen molar-refractivity contribution < 1.29 is 31.1 Å². The molecule has 14 heteroatoms. The Balaban J connectivity index is 2.06. The number of hydrogen-bond acceptors (Lipinski definition) is 6. The number of halogens is 6. The molecule has 4 N–H and O–H groups in total. The first-order valence-corrected chi connectivity index (χ1v) is 8.15. The smallest absolute Gasteiger partial charge is 0.368 e. The first-order chi connectivity index (χ1) is 14.3. The molecule has 31 heavy (non-hydrogen) atoms. The molecule has 3 rings (SSSR count). The van der Waals surface area contributed by atoms with Crippen LogP contribution in [0.2, 0.25) is 0 Å². The Kier molecular flexibility index (Phi) is 5.40. The molecule has 2 aromatic heterocycles. The van der Waals surface area contributed by atoms with Crippen LogP contribution in [0.4, 0.5) is 32.3 Å². The van der Waals surface area contributed by atoms with Gasteiger partial charge in [0.1, 0.15) is 6.33 Å². The molecule has 0 radical (unpaired) electrons. The van der Waals surface area contributed by atoms with Gasteiger partial charge in [-0.05, 0) is 18.2 Å². The van der Waals surface area contributed by atoms with Gasteiger partial charge in [-0.3, -0.25) is 4.79 Å². The fourth-order valence-corrected chi connectivity index (χ4v) is 2.44. The molecule has 0 aliphatic heterocycles. The number of carbonyl (C=O) groups excluding carboxylic acids is 1. The number of benzene rings is 1. The highest BCUT2D eigenvalue weighted by Crippen LogP contribution is 2.38. The minimum atomic E-state index is -5.02. The van der Waals surface area contributed by atoms with Crippen molar-refractivity contribution in [3.63, 3.8) is 0 Å². The number of hydrogen-bond donors (Lipinski definition) is 2. The fraction of sp³-hybridized carbons (Fsp3) is 0.118. The number of aromatic nitrogens is 5. The summed E-state index contributed by atoms with van der Waals surface area (Å²) in [6, 6.07) is 0.968. The molecule has 0 atom stereocenters. The highest BCUT2D eigenvalue weighted by Gasteiger charge is 2.37. The summed E-state index contributed by atoms with van der Waals surface area (Å²) in [7, 11) is 0. The second-order valence-corrected chi connectivity index (χ2v) is 6.08. The minimum Gasteiger partial charge on any atom is -0.368 e. The molecule has 8 nitrogen and oxygen atoms in total. The van der Waals surface area contributed by atoms with Crippen molar-refractivity contribution in [1.82, 2.24) is 24.7 Å². The molecule has 1 aromatic carbocycles. The van der Waals surface area contributed by atoms with E-state index in [4.69, 9.17) is 11.5 Å². The SMILES string of the molecule is NC(=O)C(=Cn1cnc(-c2cc(C(F)(F)F)cc(C(F)(F)F)c2)n1)c1cnc(N)nc1. The van der Waals surface area contributed by atoms with Crippen LogP contribution >= 0.6 is 0 Å². The standard InChI is InChI=1S/C17H11F6N7O/c18-16(19,20)10-1-8(2-11(3-10)17(21,22)23)14-28-7-30(29-14)6-12(13(24)31)9-4-26-15(25)27-5-9/h1-7H,(H2,24,31)(H2,25,26,27). The van der Waals surface area contributed by atoms with Crippen LogP contribution in [0.1, 0.15) is 16.7 Å². The Morgan fingerprint density at radius 1 is 0.935 bits per heavy atom. The van der Waals surface area contributed by atoms with Crippen molar-refractivity contribution in [3.05, 3.63) is 53.6 Å². The average molecular weight is 443 g/mol. The van der Waals surface area contributed by atoms with E-state index in [1.807, 2.05) is 0 Å². The molecule has 0 saturated heterocycles. The first kappa shape index (κ1) is 21.7. The highest BCUT2D eigenvalue weighted by atomic mass is 19.4. The van der Waals surface area contributed by atoms with Gasteiger partial charge in [0.2, 0.25) is 5.95 Å². The van der Waals surface area contributed by atoms with Crippen molar-refractivity contribution >= 4 is 23.6 Å². The molecule has 0 spiro atoms. The second kappa shape index (κ2) is 7.70. The molecular formula is C17H11F6N7O. The van der Waals surface area contributed by atoms with Gasteiger partial charge < -0.3 is 11.5 Å². The van der Waals surface area contributed by atoms with Crippen LogP contribution in [0.15, 0.2) is 36.9 Å². The zero-order valence-electron chi connectivity index (χ0n) is 15.1. The van der Waals surface area contributed by atoms with E-state index in [1.165, 1.54) is 12.4 Å². The molecule has 0 aliphatic rings. The number of primary amides is 1. The summed E-state index contributed by atoms with van der Waals surface area (Å²) >= 11 is 0. The predicted octanol–water partition coefficient (Wildman–Crippen LogP) is 2.84. The number of anilines is 1. The maximum Gasteiger partial charge on any atom is 0.416 e. The quantitative estimate of drug-likeness (QED) is 0.472. The van der Waals surface area contributed by atoms with Crippen LogP contribution in [0.25, 0.3) is 23.2 Å². The van der Waals surface area contributed by atoms with E-state index in [9.17, 15) is 31.1 Å². The summed E-state index contributed by atoms with van der Waals surface area (Å²) in [5.74, 6) is -1.44. The van der Waals surface area contributed by atoms with Crippen LogP contribution in [0.5, 0.6) is 0 Å². The largest absolute Gasteiger partial charge is 0.416 e.